The van der Waals surface area contributed by atoms with Crippen LogP contribution in [0.25, 0.3) is 22.3 Å². The lowest BCUT2D eigenvalue weighted by atomic mass is 10.1. The Balaban J connectivity index is 1.34. The number of hydrogen-bond acceptors (Lipinski definition) is 8. The third-order valence-corrected chi connectivity index (χ3v) is 7.00. The molecule has 4 heterocycles. The van der Waals surface area contributed by atoms with E-state index in [4.69, 9.17) is 26.1 Å². The van der Waals surface area contributed by atoms with Crippen LogP contribution in [-0.4, -0.2) is 56.7 Å². The second kappa shape index (κ2) is 10.2. The molecule has 5 rings (SSSR count). The molecule has 1 N–H and O–H groups in total. The number of carbonyl (C=O) groups is 1. The van der Waals surface area contributed by atoms with E-state index in [2.05, 4.69) is 20.5 Å². The van der Waals surface area contributed by atoms with Crippen molar-refractivity contribution in [3.8, 4) is 11.3 Å². The second-order valence-corrected chi connectivity index (χ2v) is 9.57. The number of amides is 1. The van der Waals surface area contributed by atoms with Crippen LogP contribution in [0.3, 0.4) is 0 Å². The molecule has 0 unspecified atom stereocenters. The quantitative estimate of drug-likeness (QED) is 0.284. The number of anilines is 1. The fourth-order valence-electron chi connectivity index (χ4n) is 4.36. The number of thioether (sulfide) groups is 1. The van der Waals surface area contributed by atoms with Gasteiger partial charge >= 0.3 is 0 Å². The average molecular weight is 512 g/mol. The molecule has 3 aromatic heterocycles. The second-order valence-electron chi connectivity index (χ2n) is 8.38. The number of nitrogens with zero attached hydrogens (tertiary/aromatic N) is 6. The van der Waals surface area contributed by atoms with E-state index in [1.807, 2.05) is 35.3 Å². The molecule has 9 nitrogen and oxygen atoms in total. The van der Waals surface area contributed by atoms with Gasteiger partial charge in [-0.25, -0.2) is 14.6 Å². The highest BCUT2D eigenvalue weighted by Crippen LogP contribution is 2.31. The van der Waals surface area contributed by atoms with Gasteiger partial charge in [-0.3, -0.25) is 4.79 Å². The van der Waals surface area contributed by atoms with E-state index < -0.39 is 0 Å². The molecule has 0 radical (unpaired) electrons. The summed E-state index contributed by atoms with van der Waals surface area (Å²) in [5.74, 6) is 1.10. The molecule has 0 aliphatic carbocycles. The number of rotatable bonds is 7. The Bertz CT molecular complexity index is 1360. The molecule has 1 saturated heterocycles. The predicted molar refractivity (Wildman–Crippen MR) is 137 cm³/mol. The third kappa shape index (κ3) is 4.72. The van der Waals surface area contributed by atoms with Gasteiger partial charge in [-0.1, -0.05) is 46.7 Å². The molecule has 4 aromatic rings. The minimum Gasteiger partial charge on any atom is -0.360 e. The van der Waals surface area contributed by atoms with Crippen molar-refractivity contribution in [3.63, 3.8) is 0 Å². The smallest absolute Gasteiger partial charge is 0.257 e. The van der Waals surface area contributed by atoms with Crippen LogP contribution >= 0.6 is 23.4 Å². The zero-order chi connectivity index (χ0) is 24.4. The fourth-order valence-corrected chi connectivity index (χ4v) is 4.94. The summed E-state index contributed by atoms with van der Waals surface area (Å²) in [6, 6.07) is 7.25. The zero-order valence-electron chi connectivity index (χ0n) is 19.6. The first-order chi connectivity index (χ1) is 17.1. The molecule has 1 aromatic carbocycles. The Morgan fingerprint density at radius 3 is 2.77 bits per heavy atom. The Kier molecular flexibility index (Phi) is 6.92. The van der Waals surface area contributed by atoms with Crippen LogP contribution in [0, 0.1) is 6.92 Å². The van der Waals surface area contributed by atoms with E-state index in [9.17, 15) is 4.79 Å². The summed E-state index contributed by atoms with van der Waals surface area (Å²) in [6.45, 7) is 4.53. The van der Waals surface area contributed by atoms with Crippen molar-refractivity contribution in [2.24, 2.45) is 0 Å². The van der Waals surface area contributed by atoms with Gasteiger partial charge in [-0.2, -0.15) is 5.10 Å². The van der Waals surface area contributed by atoms with Crippen LogP contribution in [0.2, 0.25) is 5.02 Å². The van der Waals surface area contributed by atoms with Crippen LogP contribution in [0.1, 0.15) is 35.4 Å². The molecule has 11 heteroatoms. The predicted octanol–water partition coefficient (Wildman–Crippen LogP) is 4.59. The number of carbonyl (C=O) groups excluding carboxylic acids is 1. The van der Waals surface area contributed by atoms with Gasteiger partial charge in [0.05, 0.1) is 23.2 Å². The molecule has 1 aliphatic rings. The van der Waals surface area contributed by atoms with E-state index in [0.717, 1.165) is 29.9 Å². The lowest BCUT2D eigenvalue weighted by Gasteiger charge is -2.28. The van der Waals surface area contributed by atoms with Crippen LogP contribution in [-0.2, 0) is 6.54 Å². The lowest BCUT2D eigenvalue weighted by Crippen LogP contribution is -2.30. The van der Waals surface area contributed by atoms with Gasteiger partial charge in [-0.05, 0) is 38.5 Å². The van der Waals surface area contributed by atoms with Crippen molar-refractivity contribution in [1.29, 1.82) is 0 Å². The summed E-state index contributed by atoms with van der Waals surface area (Å²) in [4.78, 5) is 24.9. The van der Waals surface area contributed by atoms with Crippen molar-refractivity contribution >= 4 is 46.1 Å². The van der Waals surface area contributed by atoms with Crippen LogP contribution in [0.5, 0.6) is 0 Å². The van der Waals surface area contributed by atoms with Crippen molar-refractivity contribution in [2.75, 3.05) is 30.8 Å². The van der Waals surface area contributed by atoms with Crippen LogP contribution < -0.4 is 10.2 Å². The zero-order valence-corrected chi connectivity index (χ0v) is 21.2. The SMILES string of the molecule is CSc1nc(N2CCCCC2)c2cnn(CCNC(=O)c3c(-c4ccccc4Cl)noc3C)c2n1. The molecule has 1 amide bonds. The molecule has 182 valence electrons. The third-order valence-electron chi connectivity index (χ3n) is 6.12. The first kappa shape index (κ1) is 23.6. The number of nitrogens with one attached hydrogen (secondary N) is 1. The molecular formula is C24H26ClN7O2S. The van der Waals surface area contributed by atoms with Gasteiger partial charge in [-0.15, -0.1) is 0 Å². The number of aromatic nitrogens is 5. The largest absolute Gasteiger partial charge is 0.360 e. The molecule has 1 fully saturated rings. The fraction of sp³-hybridized carbons (Fsp3) is 0.375. The molecule has 1 aliphatic heterocycles. The minimum atomic E-state index is -0.274. The normalized spacial score (nSPS) is 14.0. The van der Waals surface area contributed by atoms with Crippen LogP contribution in [0.15, 0.2) is 40.1 Å². The Labute approximate surface area is 212 Å². The summed E-state index contributed by atoms with van der Waals surface area (Å²) in [5.41, 5.74) is 2.24. The minimum absolute atomic E-state index is 0.274. The summed E-state index contributed by atoms with van der Waals surface area (Å²) >= 11 is 7.84. The summed E-state index contributed by atoms with van der Waals surface area (Å²) in [6.07, 6.45) is 7.38. The highest BCUT2D eigenvalue weighted by atomic mass is 35.5. The topological polar surface area (TPSA) is 102 Å². The van der Waals surface area contributed by atoms with Crippen molar-refractivity contribution < 1.29 is 9.32 Å². The Hall–Kier alpha value is -3.11. The average Bonchev–Trinajstić information content (AvgIpc) is 3.47. The molecule has 0 bridgehead atoms. The number of aryl methyl sites for hydroxylation is 1. The molecule has 35 heavy (non-hydrogen) atoms. The van der Waals surface area contributed by atoms with Gasteiger partial charge in [0, 0.05) is 25.2 Å². The number of fused-ring (bicyclic) bond motifs is 1. The number of halogens is 1. The van der Waals surface area contributed by atoms with E-state index >= 15 is 0 Å². The molecule has 0 atom stereocenters. The van der Waals surface area contributed by atoms with Gasteiger partial charge in [0.1, 0.15) is 22.8 Å². The number of piperidine rings is 1. The van der Waals surface area contributed by atoms with E-state index in [0.29, 0.717) is 45.8 Å². The van der Waals surface area contributed by atoms with E-state index in [-0.39, 0.29) is 5.91 Å². The summed E-state index contributed by atoms with van der Waals surface area (Å²) < 4.78 is 7.14. The van der Waals surface area contributed by atoms with E-state index in [1.54, 1.807) is 13.0 Å². The maximum atomic E-state index is 13.1. The van der Waals surface area contributed by atoms with E-state index in [1.165, 1.54) is 31.0 Å². The number of hydrogen-bond donors (Lipinski definition) is 1. The highest BCUT2D eigenvalue weighted by molar-refractivity contribution is 7.98. The lowest BCUT2D eigenvalue weighted by molar-refractivity contribution is 0.0951. The first-order valence-corrected chi connectivity index (χ1v) is 13.2. The van der Waals surface area contributed by atoms with Crippen molar-refractivity contribution in [3.05, 3.63) is 46.8 Å². The standard InChI is InChI=1S/C24H26ClN7O2S/c1-15-19(20(30-34-15)16-8-4-5-9-18(16)25)23(33)26-10-13-32-22-17(14-27-32)21(28-24(29-22)35-2)31-11-6-3-7-12-31/h4-5,8-9,14H,3,6-7,10-13H2,1-2H3,(H,26,33). The molecule has 0 saturated carbocycles. The van der Waals surface area contributed by atoms with Gasteiger partial charge in [0.25, 0.3) is 5.91 Å². The summed E-state index contributed by atoms with van der Waals surface area (Å²) in [7, 11) is 0. The van der Waals surface area contributed by atoms with Gasteiger partial charge in [0.2, 0.25) is 0 Å². The van der Waals surface area contributed by atoms with Gasteiger partial charge < -0.3 is 14.7 Å². The molecule has 0 spiro atoms. The Morgan fingerprint density at radius 2 is 2.00 bits per heavy atom. The monoisotopic (exact) mass is 511 g/mol. The van der Waals surface area contributed by atoms with Crippen LogP contribution in [0.4, 0.5) is 5.82 Å². The molecular weight excluding hydrogens is 486 g/mol. The number of benzene rings is 1. The van der Waals surface area contributed by atoms with Crippen molar-refractivity contribution in [2.45, 2.75) is 37.9 Å². The van der Waals surface area contributed by atoms with Crippen molar-refractivity contribution in [1.82, 2.24) is 30.2 Å². The highest BCUT2D eigenvalue weighted by Gasteiger charge is 2.23. The first-order valence-electron chi connectivity index (χ1n) is 11.6. The maximum absolute atomic E-state index is 13.1. The van der Waals surface area contributed by atoms with Gasteiger partial charge in [0.15, 0.2) is 10.8 Å². The Morgan fingerprint density at radius 1 is 1.20 bits per heavy atom. The maximum Gasteiger partial charge on any atom is 0.257 e. The summed E-state index contributed by atoms with van der Waals surface area (Å²) in [5, 5.41) is 13.8.